The molecule has 1 atom stereocenters. The molecule has 1 unspecified atom stereocenters. The average Bonchev–Trinajstić information content (AvgIpc) is 3.27. The number of aromatic nitrogens is 5. The Bertz CT molecular complexity index is 1080. The molecule has 0 radical (unpaired) electrons. The number of fused-ring (bicyclic) bond motifs is 1. The van der Waals surface area contributed by atoms with Gasteiger partial charge in [-0.1, -0.05) is 36.4 Å². The summed E-state index contributed by atoms with van der Waals surface area (Å²) in [5, 5.41) is 13.1. The van der Waals surface area contributed by atoms with Gasteiger partial charge >= 0.3 is 0 Å². The maximum Gasteiger partial charge on any atom is 0.200 e. The molecule has 1 aliphatic heterocycles. The van der Waals surface area contributed by atoms with Crippen molar-refractivity contribution < 1.29 is 4.74 Å². The van der Waals surface area contributed by atoms with Gasteiger partial charge in [-0.3, -0.25) is 4.98 Å². The van der Waals surface area contributed by atoms with Gasteiger partial charge in [0.25, 0.3) is 0 Å². The van der Waals surface area contributed by atoms with Gasteiger partial charge in [0.15, 0.2) is 0 Å². The molecule has 3 aromatic heterocycles. The summed E-state index contributed by atoms with van der Waals surface area (Å²) in [4.78, 5) is 6.51. The van der Waals surface area contributed by atoms with Crippen molar-refractivity contribution in [3.8, 4) is 11.3 Å². The molecular weight excluding hydrogens is 364 g/mol. The lowest BCUT2D eigenvalue weighted by atomic mass is 10.1. The molecule has 4 aromatic rings. The van der Waals surface area contributed by atoms with Gasteiger partial charge in [0, 0.05) is 31.0 Å². The van der Waals surface area contributed by atoms with Crippen molar-refractivity contribution in [1.82, 2.24) is 24.8 Å². The van der Waals surface area contributed by atoms with E-state index in [1.54, 1.807) is 17.0 Å². The van der Waals surface area contributed by atoms with Gasteiger partial charge < -0.3 is 9.64 Å². The first-order valence-electron chi connectivity index (χ1n) is 9.89. The summed E-state index contributed by atoms with van der Waals surface area (Å²) in [5.74, 6) is 0. The molecule has 1 fully saturated rings. The lowest BCUT2D eigenvalue weighted by Crippen LogP contribution is -2.40. The molecule has 0 N–H and O–H groups in total. The quantitative estimate of drug-likeness (QED) is 0.524. The summed E-state index contributed by atoms with van der Waals surface area (Å²) < 4.78 is 7.95. The van der Waals surface area contributed by atoms with Crippen LogP contribution in [0.15, 0.2) is 67.3 Å². The topological polar surface area (TPSA) is 68.4 Å². The zero-order valence-corrected chi connectivity index (χ0v) is 16.1. The number of piperidine rings is 1. The Hall–Kier alpha value is -3.32. The SMILES string of the molecule is c1ccc(-c2cc(N3CCCC(OCc4cccnc4)C3)c3nncn3n2)cc1. The highest BCUT2D eigenvalue weighted by Crippen LogP contribution is 2.29. The van der Waals surface area contributed by atoms with Crippen molar-refractivity contribution in [3.05, 3.63) is 72.8 Å². The Morgan fingerprint density at radius 3 is 2.90 bits per heavy atom. The number of hydrogen-bond acceptors (Lipinski definition) is 6. The van der Waals surface area contributed by atoms with Gasteiger partial charge in [-0.2, -0.15) is 9.61 Å². The van der Waals surface area contributed by atoms with Crippen molar-refractivity contribution in [2.75, 3.05) is 18.0 Å². The number of pyridine rings is 1. The second-order valence-electron chi connectivity index (χ2n) is 7.26. The van der Waals surface area contributed by atoms with E-state index in [-0.39, 0.29) is 6.10 Å². The molecule has 7 heteroatoms. The molecule has 7 nitrogen and oxygen atoms in total. The Morgan fingerprint density at radius 1 is 1.10 bits per heavy atom. The Labute approximate surface area is 169 Å². The molecule has 5 rings (SSSR count). The molecule has 29 heavy (non-hydrogen) atoms. The van der Waals surface area contributed by atoms with Gasteiger partial charge in [-0.05, 0) is 30.5 Å². The zero-order valence-electron chi connectivity index (χ0n) is 16.1. The molecule has 1 aliphatic rings. The van der Waals surface area contributed by atoms with Crippen LogP contribution >= 0.6 is 0 Å². The van der Waals surface area contributed by atoms with E-state index in [2.05, 4.69) is 43.4 Å². The van der Waals surface area contributed by atoms with Crippen molar-refractivity contribution >= 4 is 11.3 Å². The van der Waals surface area contributed by atoms with E-state index >= 15 is 0 Å². The summed E-state index contributed by atoms with van der Waals surface area (Å²) in [6.45, 7) is 2.37. The summed E-state index contributed by atoms with van der Waals surface area (Å²) in [5.41, 5.74) is 4.90. The van der Waals surface area contributed by atoms with Crippen molar-refractivity contribution in [1.29, 1.82) is 0 Å². The van der Waals surface area contributed by atoms with Crippen LogP contribution in [-0.4, -0.2) is 44.0 Å². The summed E-state index contributed by atoms with van der Waals surface area (Å²) >= 11 is 0. The fourth-order valence-electron chi connectivity index (χ4n) is 3.78. The number of rotatable bonds is 5. The average molecular weight is 386 g/mol. The molecule has 0 bridgehead atoms. The number of hydrogen-bond donors (Lipinski definition) is 0. The lowest BCUT2D eigenvalue weighted by molar-refractivity contribution is 0.0315. The van der Waals surface area contributed by atoms with Crippen LogP contribution in [-0.2, 0) is 11.3 Å². The largest absolute Gasteiger partial charge is 0.372 e. The van der Waals surface area contributed by atoms with Gasteiger partial charge in [0.2, 0.25) is 5.65 Å². The van der Waals surface area contributed by atoms with E-state index in [1.165, 1.54) is 0 Å². The Kier molecular flexibility index (Phi) is 4.88. The standard InChI is InChI=1S/C22H22N6O/c1-2-7-18(8-3-1)20-12-21(22-25-24-16-28(22)26-20)27-11-5-9-19(14-27)29-15-17-6-4-10-23-13-17/h1-4,6-8,10,12-13,16,19H,5,9,11,14-15H2. The van der Waals surface area contributed by atoms with E-state index in [1.807, 2.05) is 36.5 Å². The van der Waals surface area contributed by atoms with E-state index in [0.717, 1.165) is 54.1 Å². The van der Waals surface area contributed by atoms with Crippen LogP contribution < -0.4 is 4.90 Å². The van der Waals surface area contributed by atoms with Crippen LogP contribution in [0, 0.1) is 0 Å². The molecule has 1 aromatic carbocycles. The first-order chi connectivity index (χ1) is 14.4. The molecular formula is C22H22N6O. The fourth-order valence-corrected chi connectivity index (χ4v) is 3.78. The number of benzene rings is 1. The van der Waals surface area contributed by atoms with E-state index in [0.29, 0.717) is 6.61 Å². The summed E-state index contributed by atoms with van der Waals surface area (Å²) in [7, 11) is 0. The molecule has 1 saturated heterocycles. The number of nitrogens with zero attached hydrogens (tertiary/aromatic N) is 6. The van der Waals surface area contributed by atoms with Crippen LogP contribution in [0.25, 0.3) is 16.9 Å². The van der Waals surface area contributed by atoms with Crippen LogP contribution in [0.1, 0.15) is 18.4 Å². The molecule has 0 aliphatic carbocycles. The summed E-state index contributed by atoms with van der Waals surface area (Å²) in [6, 6.07) is 16.3. The third-order valence-corrected chi connectivity index (χ3v) is 5.25. The highest BCUT2D eigenvalue weighted by atomic mass is 16.5. The maximum atomic E-state index is 6.19. The van der Waals surface area contributed by atoms with E-state index in [9.17, 15) is 0 Å². The van der Waals surface area contributed by atoms with Gasteiger partial charge in [-0.25, -0.2) is 0 Å². The van der Waals surface area contributed by atoms with Gasteiger partial charge in [0.1, 0.15) is 6.33 Å². The van der Waals surface area contributed by atoms with E-state index in [4.69, 9.17) is 4.74 Å². The molecule has 0 spiro atoms. The fraction of sp³-hybridized carbons (Fsp3) is 0.273. The zero-order chi connectivity index (χ0) is 19.5. The minimum Gasteiger partial charge on any atom is -0.372 e. The minimum absolute atomic E-state index is 0.167. The van der Waals surface area contributed by atoms with Crippen molar-refractivity contribution in [3.63, 3.8) is 0 Å². The van der Waals surface area contributed by atoms with Crippen LogP contribution in [0.4, 0.5) is 5.69 Å². The number of ether oxygens (including phenoxy) is 1. The molecule has 0 saturated carbocycles. The monoisotopic (exact) mass is 386 g/mol. The second-order valence-corrected chi connectivity index (χ2v) is 7.26. The molecule has 4 heterocycles. The Morgan fingerprint density at radius 2 is 2.03 bits per heavy atom. The smallest absolute Gasteiger partial charge is 0.200 e. The van der Waals surface area contributed by atoms with Crippen LogP contribution in [0.3, 0.4) is 0 Å². The highest BCUT2D eigenvalue weighted by molar-refractivity contribution is 5.74. The van der Waals surface area contributed by atoms with E-state index < -0.39 is 0 Å². The Balaban J connectivity index is 1.40. The number of anilines is 1. The maximum absolute atomic E-state index is 6.19. The normalized spacial score (nSPS) is 17.0. The predicted octanol–water partition coefficient (Wildman–Crippen LogP) is 3.37. The first kappa shape index (κ1) is 17.8. The second kappa shape index (κ2) is 7.97. The summed E-state index contributed by atoms with van der Waals surface area (Å²) in [6.07, 6.45) is 7.59. The van der Waals surface area contributed by atoms with Crippen LogP contribution in [0.2, 0.25) is 0 Å². The third kappa shape index (κ3) is 3.82. The molecule has 0 amide bonds. The van der Waals surface area contributed by atoms with Gasteiger partial charge in [-0.15, -0.1) is 10.2 Å². The lowest BCUT2D eigenvalue weighted by Gasteiger charge is -2.34. The predicted molar refractivity (Wildman–Crippen MR) is 110 cm³/mol. The molecule has 146 valence electrons. The van der Waals surface area contributed by atoms with Gasteiger partial charge in [0.05, 0.1) is 24.1 Å². The van der Waals surface area contributed by atoms with Crippen molar-refractivity contribution in [2.45, 2.75) is 25.6 Å². The highest BCUT2D eigenvalue weighted by Gasteiger charge is 2.24. The van der Waals surface area contributed by atoms with Crippen LogP contribution in [0.5, 0.6) is 0 Å². The first-order valence-corrected chi connectivity index (χ1v) is 9.89. The van der Waals surface area contributed by atoms with Crippen molar-refractivity contribution in [2.24, 2.45) is 0 Å². The third-order valence-electron chi connectivity index (χ3n) is 5.25. The minimum atomic E-state index is 0.167.